The van der Waals surface area contributed by atoms with Crippen LogP contribution in [0.4, 0.5) is 0 Å². The van der Waals surface area contributed by atoms with Crippen molar-refractivity contribution in [2.24, 2.45) is 0 Å². The van der Waals surface area contributed by atoms with Crippen LogP contribution in [0.1, 0.15) is 22.0 Å². The predicted octanol–water partition coefficient (Wildman–Crippen LogP) is 1.84. The summed E-state index contributed by atoms with van der Waals surface area (Å²) >= 11 is 0. The zero-order chi connectivity index (χ0) is 15.2. The Morgan fingerprint density at radius 3 is 2.36 bits per heavy atom. The molecule has 3 aromatic rings. The quantitative estimate of drug-likeness (QED) is 0.779. The Balaban J connectivity index is 1.81. The lowest BCUT2D eigenvalue weighted by molar-refractivity contribution is 0.0930. The second-order valence-corrected chi connectivity index (χ2v) is 4.76. The van der Waals surface area contributed by atoms with Crippen LogP contribution in [0.2, 0.25) is 0 Å². The van der Waals surface area contributed by atoms with Crippen molar-refractivity contribution in [3.63, 3.8) is 0 Å². The molecule has 2 aromatic heterocycles. The van der Waals surface area contributed by atoms with Crippen LogP contribution in [0.15, 0.2) is 67.3 Å². The minimum Gasteiger partial charge on any atom is -0.343 e. The van der Waals surface area contributed by atoms with Crippen molar-refractivity contribution < 1.29 is 4.79 Å². The highest BCUT2D eigenvalue weighted by molar-refractivity contribution is 5.94. The average Bonchev–Trinajstić information content (AvgIpc) is 3.09. The Morgan fingerprint density at radius 2 is 1.68 bits per heavy atom. The van der Waals surface area contributed by atoms with Crippen LogP contribution in [0.25, 0.3) is 0 Å². The number of hydrogen-bond acceptors (Lipinski definition) is 4. The molecule has 0 bridgehead atoms. The Bertz CT molecular complexity index is 713. The van der Waals surface area contributed by atoms with E-state index in [1.165, 1.54) is 0 Å². The first-order valence-electron chi connectivity index (χ1n) is 6.93. The Labute approximate surface area is 127 Å². The molecule has 1 atom stereocenters. The van der Waals surface area contributed by atoms with E-state index in [1.54, 1.807) is 41.7 Å². The number of pyridine rings is 1. The molecule has 110 valence electrons. The number of nitrogens with one attached hydrogen (secondary N) is 1. The van der Waals surface area contributed by atoms with E-state index < -0.39 is 0 Å². The van der Waals surface area contributed by atoms with Crippen LogP contribution >= 0.6 is 0 Å². The fourth-order valence-electron chi connectivity index (χ4n) is 2.17. The smallest absolute Gasteiger partial charge is 0.251 e. The zero-order valence-corrected chi connectivity index (χ0v) is 11.8. The van der Waals surface area contributed by atoms with E-state index >= 15 is 0 Å². The second-order valence-electron chi connectivity index (χ2n) is 4.76. The van der Waals surface area contributed by atoms with Gasteiger partial charge in [-0.1, -0.05) is 30.3 Å². The summed E-state index contributed by atoms with van der Waals surface area (Å²) in [5.74, 6) is -0.150. The number of amides is 1. The van der Waals surface area contributed by atoms with E-state index in [0.29, 0.717) is 12.1 Å². The lowest BCUT2D eigenvalue weighted by Gasteiger charge is -2.18. The van der Waals surface area contributed by atoms with E-state index in [0.717, 1.165) is 5.56 Å². The van der Waals surface area contributed by atoms with Gasteiger partial charge >= 0.3 is 0 Å². The van der Waals surface area contributed by atoms with E-state index in [2.05, 4.69) is 20.5 Å². The Kier molecular flexibility index (Phi) is 4.20. The van der Waals surface area contributed by atoms with Gasteiger partial charge in [0, 0.05) is 18.0 Å². The average molecular weight is 293 g/mol. The molecule has 6 heteroatoms. The third kappa shape index (κ3) is 3.35. The van der Waals surface area contributed by atoms with Crippen molar-refractivity contribution in [2.75, 3.05) is 0 Å². The molecule has 0 saturated carbocycles. The van der Waals surface area contributed by atoms with Gasteiger partial charge in [0.1, 0.15) is 0 Å². The normalized spacial score (nSPS) is 11.8. The van der Waals surface area contributed by atoms with E-state index in [1.807, 2.05) is 30.3 Å². The number of benzene rings is 1. The fourth-order valence-corrected chi connectivity index (χ4v) is 2.17. The SMILES string of the molecule is O=C(N[C@@H](Cn1nccn1)c1ccccc1)c1ccncc1. The molecule has 0 aliphatic rings. The van der Waals surface area contributed by atoms with Crippen molar-refractivity contribution in [2.45, 2.75) is 12.6 Å². The summed E-state index contributed by atoms with van der Waals surface area (Å²) in [7, 11) is 0. The predicted molar refractivity (Wildman–Crippen MR) is 80.9 cm³/mol. The van der Waals surface area contributed by atoms with Gasteiger partial charge in [-0.2, -0.15) is 15.0 Å². The van der Waals surface area contributed by atoms with E-state index in [-0.39, 0.29) is 11.9 Å². The molecular weight excluding hydrogens is 278 g/mol. The Morgan fingerprint density at radius 1 is 1.00 bits per heavy atom. The zero-order valence-electron chi connectivity index (χ0n) is 11.8. The highest BCUT2D eigenvalue weighted by Gasteiger charge is 2.17. The van der Waals surface area contributed by atoms with Gasteiger partial charge in [-0.25, -0.2) is 0 Å². The van der Waals surface area contributed by atoms with Crippen LogP contribution < -0.4 is 5.32 Å². The maximum atomic E-state index is 12.4. The van der Waals surface area contributed by atoms with Crippen LogP contribution in [-0.2, 0) is 6.54 Å². The van der Waals surface area contributed by atoms with Crippen molar-refractivity contribution in [3.05, 3.63) is 78.4 Å². The molecule has 1 aromatic carbocycles. The lowest BCUT2D eigenvalue weighted by Crippen LogP contribution is -2.32. The summed E-state index contributed by atoms with van der Waals surface area (Å²) in [6, 6.07) is 12.9. The maximum absolute atomic E-state index is 12.4. The summed E-state index contributed by atoms with van der Waals surface area (Å²) < 4.78 is 0. The van der Waals surface area contributed by atoms with E-state index in [4.69, 9.17) is 0 Å². The molecule has 6 nitrogen and oxygen atoms in total. The number of nitrogens with zero attached hydrogens (tertiary/aromatic N) is 4. The first-order valence-corrected chi connectivity index (χ1v) is 6.93. The molecule has 0 aliphatic carbocycles. The molecule has 1 amide bonds. The minimum atomic E-state index is -0.214. The Hall–Kier alpha value is -3.02. The molecule has 0 radical (unpaired) electrons. The van der Waals surface area contributed by atoms with Crippen LogP contribution in [-0.4, -0.2) is 25.9 Å². The minimum absolute atomic E-state index is 0.150. The van der Waals surface area contributed by atoms with Gasteiger partial charge in [0.2, 0.25) is 0 Å². The lowest BCUT2D eigenvalue weighted by atomic mass is 10.1. The van der Waals surface area contributed by atoms with Gasteiger partial charge in [0.05, 0.1) is 25.0 Å². The molecule has 0 spiro atoms. The highest BCUT2D eigenvalue weighted by atomic mass is 16.1. The fraction of sp³-hybridized carbons (Fsp3) is 0.125. The molecule has 0 unspecified atom stereocenters. The maximum Gasteiger partial charge on any atom is 0.251 e. The van der Waals surface area contributed by atoms with Gasteiger partial charge in [0.15, 0.2) is 0 Å². The molecule has 0 fully saturated rings. The molecule has 2 heterocycles. The largest absolute Gasteiger partial charge is 0.343 e. The first-order chi connectivity index (χ1) is 10.8. The molecule has 1 N–H and O–H groups in total. The number of carbonyl (C=O) groups excluding carboxylic acids is 1. The molecular formula is C16H15N5O. The summed E-state index contributed by atoms with van der Waals surface area (Å²) in [6.07, 6.45) is 6.43. The standard InChI is InChI=1S/C16H15N5O/c22-16(14-6-8-17-9-7-14)20-15(12-21-18-10-11-19-21)13-4-2-1-3-5-13/h1-11,15H,12H2,(H,20,22)/t15-/m0/s1. The first kappa shape index (κ1) is 13.9. The van der Waals surface area contributed by atoms with Gasteiger partial charge in [-0.3, -0.25) is 9.78 Å². The summed E-state index contributed by atoms with van der Waals surface area (Å²) in [5.41, 5.74) is 1.58. The van der Waals surface area contributed by atoms with Gasteiger partial charge in [-0.05, 0) is 17.7 Å². The highest BCUT2D eigenvalue weighted by Crippen LogP contribution is 2.15. The van der Waals surface area contributed by atoms with Crippen molar-refractivity contribution in [3.8, 4) is 0 Å². The van der Waals surface area contributed by atoms with Crippen LogP contribution in [0.3, 0.4) is 0 Å². The van der Waals surface area contributed by atoms with Crippen molar-refractivity contribution in [1.29, 1.82) is 0 Å². The summed E-state index contributed by atoms with van der Waals surface area (Å²) in [4.78, 5) is 17.8. The molecule has 22 heavy (non-hydrogen) atoms. The summed E-state index contributed by atoms with van der Waals surface area (Å²) in [5, 5.41) is 11.2. The topological polar surface area (TPSA) is 72.7 Å². The third-order valence-corrected chi connectivity index (χ3v) is 3.26. The van der Waals surface area contributed by atoms with Gasteiger partial charge in [-0.15, -0.1) is 0 Å². The van der Waals surface area contributed by atoms with Gasteiger partial charge in [0.25, 0.3) is 5.91 Å². The second kappa shape index (κ2) is 6.62. The van der Waals surface area contributed by atoms with Crippen molar-refractivity contribution in [1.82, 2.24) is 25.3 Å². The molecule has 3 rings (SSSR count). The summed E-state index contributed by atoms with van der Waals surface area (Å²) in [6.45, 7) is 0.466. The van der Waals surface area contributed by atoms with Crippen LogP contribution in [0.5, 0.6) is 0 Å². The number of hydrogen-bond donors (Lipinski definition) is 1. The number of carbonyl (C=O) groups is 1. The van der Waals surface area contributed by atoms with E-state index in [9.17, 15) is 4.79 Å². The molecule has 0 aliphatic heterocycles. The van der Waals surface area contributed by atoms with Crippen molar-refractivity contribution >= 4 is 5.91 Å². The number of aromatic nitrogens is 4. The van der Waals surface area contributed by atoms with Crippen LogP contribution in [0, 0.1) is 0 Å². The monoisotopic (exact) mass is 293 g/mol. The number of rotatable bonds is 5. The third-order valence-electron chi connectivity index (χ3n) is 3.26. The van der Waals surface area contributed by atoms with Gasteiger partial charge < -0.3 is 5.32 Å². The molecule has 0 saturated heterocycles.